The van der Waals surface area contributed by atoms with Gasteiger partial charge in [0.25, 0.3) is 0 Å². The van der Waals surface area contributed by atoms with Gasteiger partial charge in [0.05, 0.1) is 5.75 Å². The normalized spacial score (nSPS) is 33.7. The third kappa shape index (κ3) is 2.71. The second kappa shape index (κ2) is 4.39. The lowest BCUT2D eigenvalue weighted by Crippen LogP contribution is -2.38. The molecule has 2 rings (SSSR count). The molecular weight excluding hydrogens is 212 g/mol. The quantitative estimate of drug-likeness (QED) is 0.767. The van der Waals surface area contributed by atoms with Gasteiger partial charge >= 0.3 is 0 Å². The fourth-order valence-electron chi connectivity index (χ4n) is 2.41. The lowest BCUT2D eigenvalue weighted by molar-refractivity contribution is 0.457. The maximum atomic E-state index is 12.0. The molecule has 15 heavy (non-hydrogen) atoms. The summed E-state index contributed by atoms with van der Waals surface area (Å²) in [5, 5.41) is 3.24. The number of hydrogen-bond acceptors (Lipinski definition) is 3. The summed E-state index contributed by atoms with van der Waals surface area (Å²) in [6.45, 7) is 4.52. The molecule has 0 aliphatic carbocycles. The van der Waals surface area contributed by atoms with E-state index in [1.54, 1.807) is 4.31 Å². The molecule has 88 valence electrons. The predicted octanol–water partition coefficient (Wildman–Crippen LogP) is 0.410. The Balaban J connectivity index is 1.94. The minimum atomic E-state index is -3.01. The van der Waals surface area contributed by atoms with Gasteiger partial charge in [-0.1, -0.05) is 6.92 Å². The van der Waals surface area contributed by atoms with Crippen LogP contribution in [0.5, 0.6) is 0 Å². The summed E-state index contributed by atoms with van der Waals surface area (Å²) in [6, 6.07) is 0.186. The fraction of sp³-hybridized carbons (Fsp3) is 1.00. The van der Waals surface area contributed by atoms with Crippen molar-refractivity contribution < 1.29 is 8.42 Å². The Bertz CT molecular complexity index is 309. The molecule has 2 aliphatic rings. The zero-order valence-electron chi connectivity index (χ0n) is 9.28. The molecule has 1 N–H and O–H groups in total. The summed E-state index contributed by atoms with van der Waals surface area (Å²) in [7, 11) is -3.01. The van der Waals surface area contributed by atoms with Gasteiger partial charge in [-0.2, -0.15) is 0 Å². The third-order valence-corrected chi connectivity index (χ3v) is 5.30. The summed E-state index contributed by atoms with van der Waals surface area (Å²) in [6.07, 6.45) is 3.12. The Morgan fingerprint density at radius 1 is 1.40 bits per heavy atom. The number of nitrogens with one attached hydrogen (secondary N) is 1. The Kier molecular flexibility index (Phi) is 3.33. The highest BCUT2D eigenvalue weighted by Crippen LogP contribution is 2.20. The molecule has 0 spiro atoms. The van der Waals surface area contributed by atoms with E-state index >= 15 is 0 Å². The van der Waals surface area contributed by atoms with Gasteiger partial charge in [-0.05, 0) is 31.7 Å². The first-order valence-electron chi connectivity index (χ1n) is 5.79. The molecule has 0 bridgehead atoms. The molecular formula is C10H20N2O2S. The first kappa shape index (κ1) is 11.4. The Labute approximate surface area is 92.1 Å². The Morgan fingerprint density at radius 3 is 2.73 bits per heavy atom. The zero-order valence-corrected chi connectivity index (χ0v) is 10.1. The standard InChI is InChI=1S/C10H20N2O2S/c1-9-4-6-12(7-9)15(13,14)8-10-3-2-5-11-10/h9-11H,2-8H2,1H3. The molecule has 2 aliphatic heterocycles. The van der Waals surface area contributed by atoms with E-state index < -0.39 is 10.0 Å². The minimum Gasteiger partial charge on any atom is -0.313 e. The molecule has 4 nitrogen and oxygen atoms in total. The van der Waals surface area contributed by atoms with Crippen LogP contribution in [0.3, 0.4) is 0 Å². The highest BCUT2D eigenvalue weighted by Gasteiger charge is 2.31. The molecule has 0 radical (unpaired) electrons. The maximum absolute atomic E-state index is 12.0. The van der Waals surface area contributed by atoms with E-state index in [0.717, 1.165) is 38.9 Å². The minimum absolute atomic E-state index is 0.186. The predicted molar refractivity (Wildman–Crippen MR) is 60.2 cm³/mol. The van der Waals surface area contributed by atoms with Crippen molar-refractivity contribution in [2.75, 3.05) is 25.4 Å². The van der Waals surface area contributed by atoms with Crippen molar-refractivity contribution in [3.8, 4) is 0 Å². The molecule has 2 fully saturated rings. The molecule has 0 amide bonds. The van der Waals surface area contributed by atoms with Crippen molar-refractivity contribution in [2.45, 2.75) is 32.2 Å². The average molecular weight is 232 g/mol. The van der Waals surface area contributed by atoms with Crippen LogP contribution in [-0.4, -0.2) is 44.2 Å². The molecule has 2 unspecified atom stereocenters. The van der Waals surface area contributed by atoms with Gasteiger partial charge in [0.1, 0.15) is 0 Å². The third-order valence-electron chi connectivity index (χ3n) is 3.35. The van der Waals surface area contributed by atoms with E-state index in [1.807, 2.05) is 0 Å². The van der Waals surface area contributed by atoms with E-state index in [1.165, 1.54) is 0 Å². The summed E-state index contributed by atoms with van der Waals surface area (Å²) in [5.41, 5.74) is 0. The van der Waals surface area contributed by atoms with Crippen molar-refractivity contribution in [3.05, 3.63) is 0 Å². The van der Waals surface area contributed by atoms with Crippen molar-refractivity contribution >= 4 is 10.0 Å². The lowest BCUT2D eigenvalue weighted by Gasteiger charge is -2.18. The summed E-state index contributed by atoms with van der Waals surface area (Å²) in [5.74, 6) is 0.816. The summed E-state index contributed by atoms with van der Waals surface area (Å²) < 4.78 is 25.7. The number of rotatable bonds is 3. The Morgan fingerprint density at radius 2 is 2.20 bits per heavy atom. The maximum Gasteiger partial charge on any atom is 0.215 e. The highest BCUT2D eigenvalue weighted by molar-refractivity contribution is 7.89. The lowest BCUT2D eigenvalue weighted by atomic mass is 10.2. The van der Waals surface area contributed by atoms with Crippen LogP contribution in [0, 0.1) is 5.92 Å². The van der Waals surface area contributed by atoms with E-state index in [0.29, 0.717) is 11.7 Å². The van der Waals surface area contributed by atoms with Crippen LogP contribution in [-0.2, 0) is 10.0 Å². The molecule has 0 aromatic heterocycles. The number of nitrogens with zero attached hydrogens (tertiary/aromatic N) is 1. The molecule has 0 aromatic rings. The van der Waals surface area contributed by atoms with Gasteiger partial charge in [0.2, 0.25) is 10.0 Å². The SMILES string of the molecule is CC1CCN(S(=O)(=O)CC2CCCN2)C1. The van der Waals surface area contributed by atoms with Crippen LogP contribution in [0.1, 0.15) is 26.2 Å². The van der Waals surface area contributed by atoms with Gasteiger partial charge < -0.3 is 5.32 Å². The second-order valence-electron chi connectivity index (χ2n) is 4.82. The zero-order chi connectivity index (χ0) is 10.9. The van der Waals surface area contributed by atoms with Gasteiger partial charge in [-0.15, -0.1) is 0 Å². The summed E-state index contributed by atoms with van der Waals surface area (Å²) >= 11 is 0. The van der Waals surface area contributed by atoms with Crippen LogP contribution in [0.15, 0.2) is 0 Å². The van der Waals surface area contributed by atoms with E-state index in [9.17, 15) is 8.42 Å². The van der Waals surface area contributed by atoms with Gasteiger partial charge in [0.15, 0.2) is 0 Å². The van der Waals surface area contributed by atoms with Crippen molar-refractivity contribution in [3.63, 3.8) is 0 Å². The van der Waals surface area contributed by atoms with Gasteiger partial charge in [0, 0.05) is 19.1 Å². The molecule has 2 heterocycles. The number of sulfonamides is 1. The van der Waals surface area contributed by atoms with E-state index in [4.69, 9.17) is 0 Å². The Hall–Kier alpha value is -0.130. The van der Waals surface area contributed by atoms with E-state index in [2.05, 4.69) is 12.2 Å². The molecule has 5 heteroatoms. The molecule has 2 saturated heterocycles. The molecule has 0 saturated carbocycles. The largest absolute Gasteiger partial charge is 0.313 e. The van der Waals surface area contributed by atoms with Crippen LogP contribution < -0.4 is 5.32 Å². The van der Waals surface area contributed by atoms with Crippen LogP contribution in [0.4, 0.5) is 0 Å². The highest BCUT2D eigenvalue weighted by atomic mass is 32.2. The van der Waals surface area contributed by atoms with Crippen molar-refractivity contribution in [1.82, 2.24) is 9.62 Å². The number of hydrogen-bond donors (Lipinski definition) is 1. The van der Waals surface area contributed by atoms with Crippen LogP contribution in [0.25, 0.3) is 0 Å². The first-order valence-corrected chi connectivity index (χ1v) is 7.40. The monoisotopic (exact) mass is 232 g/mol. The van der Waals surface area contributed by atoms with Crippen molar-refractivity contribution in [2.24, 2.45) is 5.92 Å². The fourth-order valence-corrected chi connectivity index (χ4v) is 4.27. The van der Waals surface area contributed by atoms with Gasteiger partial charge in [-0.25, -0.2) is 12.7 Å². The molecule has 0 aromatic carbocycles. The average Bonchev–Trinajstić information content (AvgIpc) is 2.75. The van der Waals surface area contributed by atoms with Crippen LogP contribution >= 0.6 is 0 Å². The second-order valence-corrected chi connectivity index (χ2v) is 6.84. The first-order chi connectivity index (χ1) is 7.08. The van der Waals surface area contributed by atoms with Crippen LogP contribution in [0.2, 0.25) is 0 Å². The topological polar surface area (TPSA) is 49.4 Å². The van der Waals surface area contributed by atoms with Crippen molar-refractivity contribution in [1.29, 1.82) is 0 Å². The molecule has 2 atom stereocenters. The summed E-state index contributed by atoms with van der Waals surface area (Å²) in [4.78, 5) is 0. The van der Waals surface area contributed by atoms with E-state index in [-0.39, 0.29) is 6.04 Å². The smallest absolute Gasteiger partial charge is 0.215 e. The van der Waals surface area contributed by atoms with Gasteiger partial charge in [-0.3, -0.25) is 0 Å².